The van der Waals surface area contributed by atoms with Crippen molar-refractivity contribution in [3.05, 3.63) is 47.0 Å². The van der Waals surface area contributed by atoms with Gasteiger partial charge in [0.25, 0.3) is 0 Å². The van der Waals surface area contributed by atoms with Crippen LogP contribution >= 0.6 is 35.7 Å². The zero-order valence-corrected chi connectivity index (χ0v) is 22.0. The van der Waals surface area contributed by atoms with E-state index < -0.39 is 54.5 Å². The molecule has 0 atom stereocenters. The fraction of sp³-hybridized carbons (Fsp3) is 0.435. The summed E-state index contributed by atoms with van der Waals surface area (Å²) in [5.41, 5.74) is 5.63. The molecule has 2 aromatic carbocycles. The number of nitrogens with one attached hydrogen (secondary N) is 1. The third-order valence-electron chi connectivity index (χ3n) is 4.25. The number of hydrogen-bond donors (Lipinski definition) is 2. The molecule has 0 bridgehead atoms. The standard InChI is InChI=1S/C13H12F7NS2.C9H9F4NS.CH4/c1-7-4-8(14)9(5-10(7)23-6-13(18,19)20)21-11(22)2-3-12(15,16)17;1-5-2-6(10)7(14)3-8(5)15-4-9(11,12)13;/h4-5H,2-3,6H2,1H3,(H,21,22);2-3H,4,14H2,1H3;1H4. The summed E-state index contributed by atoms with van der Waals surface area (Å²) in [5.74, 6) is -3.56. The van der Waals surface area contributed by atoms with E-state index >= 15 is 0 Å². The first-order chi connectivity index (χ1) is 17.2. The van der Waals surface area contributed by atoms with Crippen LogP contribution in [0.5, 0.6) is 0 Å². The zero-order chi connectivity index (χ0) is 29.5. The van der Waals surface area contributed by atoms with E-state index in [-0.39, 0.29) is 28.7 Å². The monoisotopic (exact) mass is 634 g/mol. The first-order valence-electron chi connectivity index (χ1n) is 10.3. The van der Waals surface area contributed by atoms with E-state index in [1.165, 1.54) is 13.0 Å². The van der Waals surface area contributed by atoms with Gasteiger partial charge in [-0.05, 0) is 49.2 Å². The number of benzene rings is 2. The maximum absolute atomic E-state index is 13.8. The van der Waals surface area contributed by atoms with Gasteiger partial charge in [-0.3, -0.25) is 0 Å². The highest BCUT2D eigenvalue weighted by atomic mass is 32.2. The summed E-state index contributed by atoms with van der Waals surface area (Å²) >= 11 is 5.77. The Morgan fingerprint density at radius 2 is 1.21 bits per heavy atom. The van der Waals surface area contributed by atoms with Gasteiger partial charge < -0.3 is 11.1 Å². The Balaban J connectivity index is 0.000000784. The summed E-state index contributed by atoms with van der Waals surface area (Å²) < 4.78 is 135. The summed E-state index contributed by atoms with van der Waals surface area (Å²) in [6, 6.07) is 4.48. The zero-order valence-electron chi connectivity index (χ0n) is 19.6. The second kappa shape index (κ2) is 15.2. The quantitative estimate of drug-likeness (QED) is 0.137. The van der Waals surface area contributed by atoms with Crippen LogP contribution in [0.3, 0.4) is 0 Å². The molecule has 222 valence electrons. The summed E-state index contributed by atoms with van der Waals surface area (Å²) in [4.78, 5) is 0.285. The van der Waals surface area contributed by atoms with E-state index in [0.29, 0.717) is 39.5 Å². The minimum absolute atomic E-state index is 0. The van der Waals surface area contributed by atoms with E-state index in [9.17, 15) is 48.3 Å². The van der Waals surface area contributed by atoms with E-state index in [1.807, 2.05) is 0 Å². The first kappa shape index (κ1) is 37.1. The lowest BCUT2D eigenvalue weighted by atomic mass is 10.2. The SMILES string of the molecule is C.Cc1cc(F)c(N)cc1SCC(F)(F)F.Cc1cc(F)c(NC(=S)CCC(F)(F)F)cc1SCC(F)(F)F. The van der Waals surface area contributed by atoms with Gasteiger partial charge in [0.15, 0.2) is 0 Å². The van der Waals surface area contributed by atoms with E-state index in [2.05, 4.69) is 5.32 Å². The largest absolute Gasteiger partial charge is 0.398 e. The number of thiocarbonyl (C=S) groups is 1. The third-order valence-corrected chi connectivity index (χ3v) is 7.00. The minimum Gasteiger partial charge on any atom is -0.396 e. The highest BCUT2D eigenvalue weighted by Crippen LogP contribution is 2.33. The van der Waals surface area contributed by atoms with Crippen molar-refractivity contribution in [2.24, 2.45) is 0 Å². The number of rotatable bonds is 7. The van der Waals surface area contributed by atoms with Gasteiger partial charge in [0, 0.05) is 22.6 Å². The normalized spacial score (nSPS) is 11.8. The minimum atomic E-state index is -4.40. The molecule has 2 nitrogen and oxygen atoms in total. The Bertz CT molecular complexity index is 1100. The molecular formula is C23H25F11N2S3. The Kier molecular flexibility index (Phi) is 14.4. The van der Waals surface area contributed by atoms with Crippen LogP contribution in [-0.2, 0) is 0 Å². The van der Waals surface area contributed by atoms with Crippen molar-refractivity contribution < 1.29 is 48.3 Å². The predicted octanol–water partition coefficient (Wildman–Crippen LogP) is 9.88. The molecule has 0 heterocycles. The fourth-order valence-electron chi connectivity index (χ4n) is 2.52. The highest BCUT2D eigenvalue weighted by molar-refractivity contribution is 7.99. The highest BCUT2D eigenvalue weighted by Gasteiger charge is 2.29. The van der Waals surface area contributed by atoms with Crippen molar-refractivity contribution in [2.75, 3.05) is 22.6 Å². The Hall–Kier alpha value is -1.94. The van der Waals surface area contributed by atoms with Gasteiger partial charge in [0.1, 0.15) is 11.6 Å². The van der Waals surface area contributed by atoms with E-state index in [1.54, 1.807) is 6.92 Å². The second-order valence-electron chi connectivity index (χ2n) is 7.71. The van der Waals surface area contributed by atoms with Crippen LogP contribution in [0.25, 0.3) is 0 Å². The molecule has 0 aliphatic heterocycles. The third kappa shape index (κ3) is 15.4. The van der Waals surface area contributed by atoms with Gasteiger partial charge in [-0.25, -0.2) is 8.78 Å². The molecule has 39 heavy (non-hydrogen) atoms. The number of anilines is 2. The molecule has 0 saturated heterocycles. The van der Waals surface area contributed by atoms with Crippen LogP contribution < -0.4 is 11.1 Å². The van der Waals surface area contributed by atoms with Crippen molar-refractivity contribution in [3.63, 3.8) is 0 Å². The molecule has 16 heteroatoms. The molecule has 0 aliphatic rings. The molecule has 0 aliphatic carbocycles. The molecule has 0 amide bonds. The van der Waals surface area contributed by atoms with Gasteiger partial charge in [-0.2, -0.15) is 39.5 Å². The van der Waals surface area contributed by atoms with Gasteiger partial charge in [-0.1, -0.05) is 19.6 Å². The number of alkyl halides is 9. The molecular weight excluding hydrogens is 609 g/mol. The first-order valence-corrected chi connectivity index (χ1v) is 12.7. The summed E-state index contributed by atoms with van der Waals surface area (Å²) in [6.07, 6.45) is -14.7. The average Bonchev–Trinajstić information content (AvgIpc) is 2.74. The van der Waals surface area contributed by atoms with Crippen LogP contribution in [0, 0.1) is 25.5 Å². The molecule has 3 N–H and O–H groups in total. The number of hydrogen-bond acceptors (Lipinski definition) is 4. The van der Waals surface area contributed by atoms with Crippen molar-refractivity contribution in [3.8, 4) is 0 Å². The van der Waals surface area contributed by atoms with E-state index in [0.717, 1.165) is 18.2 Å². The van der Waals surface area contributed by atoms with E-state index in [4.69, 9.17) is 18.0 Å². The molecule has 2 rings (SSSR count). The lowest BCUT2D eigenvalue weighted by molar-refractivity contribution is -0.132. The Labute approximate surface area is 232 Å². The van der Waals surface area contributed by atoms with Crippen LogP contribution in [0.15, 0.2) is 34.1 Å². The molecule has 0 unspecified atom stereocenters. The maximum Gasteiger partial charge on any atom is 0.398 e. The lowest BCUT2D eigenvalue weighted by Gasteiger charge is -2.14. The topological polar surface area (TPSA) is 38.0 Å². The predicted molar refractivity (Wildman–Crippen MR) is 138 cm³/mol. The molecule has 0 fully saturated rings. The molecule has 0 radical (unpaired) electrons. The number of halogens is 11. The van der Waals surface area contributed by atoms with Gasteiger partial charge in [-0.15, -0.1) is 23.5 Å². The second-order valence-corrected chi connectivity index (χ2v) is 10.2. The van der Waals surface area contributed by atoms with Crippen molar-refractivity contribution in [1.29, 1.82) is 0 Å². The lowest BCUT2D eigenvalue weighted by Crippen LogP contribution is -2.16. The van der Waals surface area contributed by atoms with Crippen molar-refractivity contribution >= 4 is 52.1 Å². The average molecular weight is 635 g/mol. The molecule has 0 aromatic heterocycles. The Morgan fingerprint density at radius 3 is 1.64 bits per heavy atom. The Morgan fingerprint density at radius 1 is 0.769 bits per heavy atom. The van der Waals surface area contributed by atoms with Crippen molar-refractivity contribution in [1.82, 2.24) is 0 Å². The molecule has 0 spiro atoms. The van der Waals surface area contributed by atoms with Gasteiger partial charge >= 0.3 is 18.5 Å². The van der Waals surface area contributed by atoms with Gasteiger partial charge in [0.2, 0.25) is 0 Å². The van der Waals surface area contributed by atoms with Crippen LogP contribution in [0.2, 0.25) is 0 Å². The number of aryl methyl sites for hydroxylation is 2. The molecule has 0 saturated carbocycles. The summed E-state index contributed by atoms with van der Waals surface area (Å²) in [7, 11) is 0. The van der Waals surface area contributed by atoms with Crippen LogP contribution in [-0.4, -0.2) is 35.0 Å². The summed E-state index contributed by atoms with van der Waals surface area (Å²) in [6.45, 7) is 2.98. The smallest absolute Gasteiger partial charge is 0.396 e. The van der Waals surface area contributed by atoms with Crippen molar-refractivity contribution in [2.45, 2.75) is 62.4 Å². The van der Waals surface area contributed by atoms with Crippen LogP contribution in [0.4, 0.5) is 59.7 Å². The number of thioether (sulfide) groups is 2. The van der Waals surface area contributed by atoms with Gasteiger partial charge in [0.05, 0.1) is 27.9 Å². The number of nitrogen functional groups attached to an aromatic ring is 1. The van der Waals surface area contributed by atoms with Crippen LogP contribution in [0.1, 0.15) is 31.4 Å². The molecule has 2 aromatic rings. The fourth-order valence-corrected chi connectivity index (χ4v) is 4.35. The maximum atomic E-state index is 13.8. The summed E-state index contributed by atoms with van der Waals surface area (Å²) in [5, 5.41) is 2.31. The number of nitrogens with two attached hydrogens (primary N) is 1.